The van der Waals surface area contributed by atoms with Gasteiger partial charge in [0, 0.05) is 19.5 Å². The van der Waals surface area contributed by atoms with Crippen molar-refractivity contribution in [2.24, 2.45) is 11.1 Å². The molecule has 126 valence electrons. The lowest BCUT2D eigenvalue weighted by molar-refractivity contribution is -0.131. The van der Waals surface area contributed by atoms with Crippen LogP contribution >= 0.6 is 11.3 Å². The molecule has 2 N–H and O–H groups in total. The van der Waals surface area contributed by atoms with E-state index in [4.69, 9.17) is 5.73 Å². The van der Waals surface area contributed by atoms with Crippen LogP contribution in [-0.4, -0.2) is 29.8 Å². The van der Waals surface area contributed by atoms with Gasteiger partial charge in [0.25, 0.3) is 0 Å². The van der Waals surface area contributed by atoms with E-state index in [1.165, 1.54) is 11.1 Å². The van der Waals surface area contributed by atoms with Crippen molar-refractivity contribution < 1.29 is 9.59 Å². The van der Waals surface area contributed by atoms with Gasteiger partial charge in [-0.3, -0.25) is 9.59 Å². The van der Waals surface area contributed by atoms with Gasteiger partial charge in [-0.2, -0.15) is 11.3 Å². The van der Waals surface area contributed by atoms with E-state index in [1.54, 1.807) is 16.2 Å². The monoisotopic (exact) mass is 342 g/mol. The van der Waals surface area contributed by atoms with Crippen molar-refractivity contribution in [3.05, 3.63) is 46.7 Å². The van der Waals surface area contributed by atoms with Crippen molar-refractivity contribution in [3.63, 3.8) is 0 Å². The average molecular weight is 342 g/mol. The van der Waals surface area contributed by atoms with Crippen molar-refractivity contribution in [1.29, 1.82) is 0 Å². The molecular weight excluding hydrogens is 320 g/mol. The third kappa shape index (κ3) is 3.22. The summed E-state index contributed by atoms with van der Waals surface area (Å²) in [5.74, 6) is -0.221. The molecule has 1 unspecified atom stereocenters. The summed E-state index contributed by atoms with van der Waals surface area (Å²) >= 11 is 1.67. The highest BCUT2D eigenvalue weighted by Gasteiger charge is 2.44. The van der Waals surface area contributed by atoms with Crippen LogP contribution in [0.4, 0.5) is 0 Å². The summed E-state index contributed by atoms with van der Waals surface area (Å²) in [4.78, 5) is 25.8. The fraction of sp³-hybridized carbons (Fsp3) is 0.368. The second-order valence-electron chi connectivity index (χ2n) is 6.45. The first-order valence-electron chi connectivity index (χ1n) is 8.23. The Morgan fingerprint density at radius 1 is 1.21 bits per heavy atom. The number of carbonyl (C=O) groups excluding carboxylic acids is 2. The molecule has 1 aromatic heterocycles. The average Bonchev–Trinajstić information content (AvgIpc) is 3.25. The number of hydrogen-bond acceptors (Lipinski definition) is 3. The van der Waals surface area contributed by atoms with E-state index in [0.717, 1.165) is 5.56 Å². The molecule has 1 aromatic carbocycles. The molecule has 0 aliphatic carbocycles. The van der Waals surface area contributed by atoms with Crippen molar-refractivity contribution in [2.75, 3.05) is 13.1 Å². The molecule has 0 saturated carbocycles. The number of hydrogen-bond donors (Lipinski definition) is 1. The first-order chi connectivity index (χ1) is 11.5. The van der Waals surface area contributed by atoms with Gasteiger partial charge in [-0.25, -0.2) is 0 Å². The fourth-order valence-corrected chi connectivity index (χ4v) is 4.04. The predicted molar refractivity (Wildman–Crippen MR) is 96.6 cm³/mol. The normalized spacial score (nSPS) is 20.3. The van der Waals surface area contributed by atoms with Crippen LogP contribution in [0.25, 0.3) is 11.1 Å². The smallest absolute Gasteiger partial charge is 0.225 e. The summed E-state index contributed by atoms with van der Waals surface area (Å²) in [5, 5.41) is 4.17. The Balaban J connectivity index is 1.77. The van der Waals surface area contributed by atoms with Gasteiger partial charge in [0.1, 0.15) is 0 Å². The van der Waals surface area contributed by atoms with Gasteiger partial charge in [0.05, 0.1) is 5.41 Å². The lowest BCUT2D eigenvalue weighted by Gasteiger charge is -2.26. The zero-order valence-electron chi connectivity index (χ0n) is 13.8. The molecule has 1 fully saturated rings. The maximum atomic E-state index is 12.1. The highest BCUT2D eigenvalue weighted by atomic mass is 32.1. The van der Waals surface area contributed by atoms with Crippen molar-refractivity contribution >= 4 is 23.2 Å². The number of nitrogens with two attached hydrogens (primary N) is 1. The highest BCUT2D eigenvalue weighted by molar-refractivity contribution is 7.08. The first-order valence-corrected chi connectivity index (χ1v) is 9.17. The molecular formula is C19H22N2O2S. The molecule has 0 radical (unpaired) electrons. The molecule has 0 bridgehead atoms. The van der Waals surface area contributed by atoms with E-state index in [1.807, 2.05) is 6.92 Å². The largest absolute Gasteiger partial charge is 0.369 e. The van der Waals surface area contributed by atoms with Crippen LogP contribution in [0.5, 0.6) is 0 Å². The standard InChI is InChI=1S/C19H22N2O2S/c1-2-17(22)21-9-8-19(13-21,18(20)23)11-14-3-5-15(6-4-14)16-7-10-24-12-16/h3-7,10,12H,2,8-9,11,13H2,1H3,(H2,20,23). The van der Waals surface area contributed by atoms with E-state index in [-0.39, 0.29) is 11.8 Å². The van der Waals surface area contributed by atoms with Crippen LogP contribution in [0.2, 0.25) is 0 Å². The van der Waals surface area contributed by atoms with Gasteiger partial charge in [-0.15, -0.1) is 0 Å². The number of nitrogens with zero attached hydrogens (tertiary/aromatic N) is 1. The number of thiophene rings is 1. The molecule has 3 rings (SSSR count). The molecule has 1 aliphatic rings. The summed E-state index contributed by atoms with van der Waals surface area (Å²) in [5.41, 5.74) is 8.53. The maximum absolute atomic E-state index is 12.1. The number of rotatable bonds is 5. The van der Waals surface area contributed by atoms with E-state index in [2.05, 4.69) is 41.1 Å². The molecule has 2 amide bonds. The summed E-state index contributed by atoms with van der Waals surface area (Å²) in [6, 6.07) is 10.4. The van der Waals surface area contributed by atoms with E-state index < -0.39 is 5.41 Å². The quantitative estimate of drug-likeness (QED) is 0.907. The van der Waals surface area contributed by atoms with Gasteiger partial charge >= 0.3 is 0 Å². The number of benzene rings is 1. The summed E-state index contributed by atoms with van der Waals surface area (Å²) in [6.45, 7) is 2.89. The van der Waals surface area contributed by atoms with Crippen LogP contribution in [0, 0.1) is 5.41 Å². The van der Waals surface area contributed by atoms with E-state index >= 15 is 0 Å². The fourth-order valence-electron chi connectivity index (χ4n) is 3.38. The van der Waals surface area contributed by atoms with Crippen LogP contribution in [0.1, 0.15) is 25.3 Å². The molecule has 1 aliphatic heterocycles. The molecule has 0 spiro atoms. The van der Waals surface area contributed by atoms with Crippen LogP contribution in [0.15, 0.2) is 41.1 Å². The second kappa shape index (κ2) is 6.77. The molecule has 1 saturated heterocycles. The third-order valence-corrected chi connectivity index (χ3v) is 5.57. The maximum Gasteiger partial charge on any atom is 0.225 e. The van der Waals surface area contributed by atoms with E-state index in [9.17, 15) is 9.59 Å². The van der Waals surface area contributed by atoms with Crippen LogP contribution < -0.4 is 5.73 Å². The Morgan fingerprint density at radius 3 is 2.54 bits per heavy atom. The summed E-state index contributed by atoms with van der Waals surface area (Å²) in [6.07, 6.45) is 1.68. The number of primary amides is 1. The molecule has 24 heavy (non-hydrogen) atoms. The molecule has 4 nitrogen and oxygen atoms in total. The van der Waals surface area contributed by atoms with Crippen molar-refractivity contribution in [2.45, 2.75) is 26.2 Å². The van der Waals surface area contributed by atoms with Crippen molar-refractivity contribution in [1.82, 2.24) is 4.90 Å². The number of amides is 2. The zero-order valence-corrected chi connectivity index (χ0v) is 14.6. The number of likely N-dealkylation sites (tertiary alicyclic amines) is 1. The van der Waals surface area contributed by atoms with Gasteiger partial charge in [0.15, 0.2) is 0 Å². The Bertz CT molecular complexity index is 724. The Morgan fingerprint density at radius 2 is 1.96 bits per heavy atom. The van der Waals surface area contributed by atoms with Crippen LogP contribution in [0.3, 0.4) is 0 Å². The SMILES string of the molecule is CCC(=O)N1CCC(Cc2ccc(-c3ccsc3)cc2)(C(N)=O)C1. The lowest BCUT2D eigenvalue weighted by atomic mass is 9.80. The zero-order chi connectivity index (χ0) is 17.2. The first kappa shape index (κ1) is 16.7. The minimum atomic E-state index is -0.644. The topological polar surface area (TPSA) is 63.4 Å². The summed E-state index contributed by atoms with van der Waals surface area (Å²) < 4.78 is 0. The Hall–Kier alpha value is -2.14. The molecule has 2 aromatic rings. The Labute approximate surface area is 146 Å². The van der Waals surface area contributed by atoms with Gasteiger partial charge in [-0.05, 0) is 46.4 Å². The van der Waals surface area contributed by atoms with Gasteiger partial charge < -0.3 is 10.6 Å². The minimum absolute atomic E-state index is 0.0888. The van der Waals surface area contributed by atoms with Crippen molar-refractivity contribution in [3.8, 4) is 11.1 Å². The molecule has 1 atom stereocenters. The van der Waals surface area contributed by atoms with E-state index in [0.29, 0.717) is 32.4 Å². The van der Waals surface area contributed by atoms with Gasteiger partial charge in [-0.1, -0.05) is 31.2 Å². The third-order valence-electron chi connectivity index (χ3n) is 4.88. The Kier molecular flexibility index (Phi) is 4.71. The minimum Gasteiger partial charge on any atom is -0.369 e. The molecule has 2 heterocycles. The number of carbonyl (C=O) groups is 2. The molecule has 5 heteroatoms. The van der Waals surface area contributed by atoms with Crippen LogP contribution in [-0.2, 0) is 16.0 Å². The highest BCUT2D eigenvalue weighted by Crippen LogP contribution is 2.35. The predicted octanol–water partition coefficient (Wildman–Crippen LogP) is 3.07. The summed E-state index contributed by atoms with van der Waals surface area (Å²) in [7, 11) is 0. The lowest BCUT2D eigenvalue weighted by Crippen LogP contribution is -2.42. The van der Waals surface area contributed by atoms with Gasteiger partial charge in [0.2, 0.25) is 11.8 Å². The second-order valence-corrected chi connectivity index (χ2v) is 7.23.